The molecule has 2 aromatic carbocycles. The predicted octanol–water partition coefficient (Wildman–Crippen LogP) is 4.52. The van der Waals surface area contributed by atoms with E-state index in [1.807, 2.05) is 48.5 Å². The molecule has 0 bridgehead atoms. The van der Waals surface area contributed by atoms with E-state index < -0.39 is 0 Å². The number of rotatable bonds is 5. The van der Waals surface area contributed by atoms with Crippen LogP contribution in [0.3, 0.4) is 0 Å². The first-order valence-corrected chi connectivity index (χ1v) is 8.48. The summed E-state index contributed by atoms with van der Waals surface area (Å²) in [7, 11) is 0. The molecule has 0 aliphatic rings. The maximum absolute atomic E-state index is 12.3. The Kier molecular flexibility index (Phi) is 5.43. The summed E-state index contributed by atoms with van der Waals surface area (Å²) in [6.45, 7) is 0.384. The van der Waals surface area contributed by atoms with Crippen LogP contribution in [0.2, 0.25) is 0 Å². The van der Waals surface area contributed by atoms with Crippen molar-refractivity contribution in [1.29, 1.82) is 0 Å². The first-order chi connectivity index (χ1) is 11.7. The third-order valence-corrected chi connectivity index (χ3v) is 4.03. The van der Waals surface area contributed by atoms with Crippen molar-refractivity contribution in [2.45, 2.75) is 6.61 Å². The minimum absolute atomic E-state index is 0.145. The maximum atomic E-state index is 12.3. The summed E-state index contributed by atoms with van der Waals surface area (Å²) < 4.78 is 6.81. The zero-order chi connectivity index (χ0) is 16.8. The van der Waals surface area contributed by atoms with E-state index in [0.29, 0.717) is 23.6 Å². The number of hydrogen-bond donors (Lipinski definition) is 1. The van der Waals surface area contributed by atoms with Gasteiger partial charge in [0.05, 0.1) is 5.69 Å². The molecule has 0 atom stereocenters. The summed E-state index contributed by atoms with van der Waals surface area (Å²) in [6.07, 6.45) is 1.73. The number of carbonyl (C=O) groups excluding carboxylic acids is 1. The first kappa shape index (κ1) is 16.4. The van der Waals surface area contributed by atoms with Gasteiger partial charge >= 0.3 is 0 Å². The van der Waals surface area contributed by atoms with Gasteiger partial charge in [-0.25, -0.2) is 0 Å². The van der Waals surface area contributed by atoms with E-state index >= 15 is 0 Å². The minimum atomic E-state index is -0.145. The average Bonchev–Trinajstić information content (AvgIpc) is 2.62. The quantitative estimate of drug-likeness (QED) is 0.606. The fourth-order valence-electron chi connectivity index (χ4n) is 2.11. The minimum Gasteiger partial charge on any atom is -0.487 e. The number of amides is 1. The van der Waals surface area contributed by atoms with Crippen LogP contribution in [0.5, 0.6) is 5.75 Å². The highest BCUT2D eigenvalue weighted by Crippen LogP contribution is 2.19. The van der Waals surface area contributed by atoms with E-state index in [1.54, 1.807) is 24.4 Å². The standard InChI is InChI=1S/C19H15IN2O2/c20-15-9-7-14(8-10-15)19(23)22-16-5-3-6-18(12-16)24-13-17-4-1-2-11-21-17/h1-12H,13H2,(H,22,23). The molecule has 0 spiro atoms. The van der Waals surface area contributed by atoms with Gasteiger partial charge in [0.2, 0.25) is 0 Å². The van der Waals surface area contributed by atoms with E-state index in [2.05, 4.69) is 32.9 Å². The lowest BCUT2D eigenvalue weighted by molar-refractivity contribution is 0.102. The lowest BCUT2D eigenvalue weighted by Crippen LogP contribution is -2.11. The normalized spacial score (nSPS) is 10.2. The zero-order valence-corrected chi connectivity index (χ0v) is 14.9. The molecule has 0 aliphatic carbocycles. The van der Waals surface area contributed by atoms with Crippen molar-refractivity contribution in [2.24, 2.45) is 0 Å². The molecule has 5 heteroatoms. The lowest BCUT2D eigenvalue weighted by Gasteiger charge is -2.09. The van der Waals surface area contributed by atoms with Crippen LogP contribution in [0.4, 0.5) is 5.69 Å². The van der Waals surface area contributed by atoms with Crippen molar-refractivity contribution in [1.82, 2.24) is 4.98 Å². The monoisotopic (exact) mass is 430 g/mol. The molecule has 4 nitrogen and oxygen atoms in total. The molecule has 0 radical (unpaired) electrons. The highest BCUT2D eigenvalue weighted by atomic mass is 127. The van der Waals surface area contributed by atoms with Gasteiger partial charge in [-0.1, -0.05) is 12.1 Å². The molecule has 1 amide bonds. The van der Waals surface area contributed by atoms with Gasteiger partial charge in [0.15, 0.2) is 0 Å². The molecule has 1 N–H and O–H groups in total. The topological polar surface area (TPSA) is 51.2 Å². The number of hydrogen-bond acceptors (Lipinski definition) is 3. The second kappa shape index (κ2) is 7.92. The highest BCUT2D eigenvalue weighted by Gasteiger charge is 2.06. The molecule has 3 aromatic rings. The number of halogens is 1. The molecule has 0 saturated carbocycles. The number of nitrogens with zero attached hydrogens (tertiary/aromatic N) is 1. The third kappa shape index (κ3) is 4.55. The van der Waals surface area contributed by atoms with Gasteiger partial charge in [-0.2, -0.15) is 0 Å². The lowest BCUT2D eigenvalue weighted by atomic mass is 10.2. The summed E-state index contributed by atoms with van der Waals surface area (Å²) in [4.78, 5) is 16.5. The summed E-state index contributed by atoms with van der Waals surface area (Å²) in [6, 6.07) is 20.4. The van der Waals surface area contributed by atoms with Crippen LogP contribution in [0.25, 0.3) is 0 Å². The molecule has 1 heterocycles. The van der Waals surface area contributed by atoms with Crippen LogP contribution in [-0.4, -0.2) is 10.9 Å². The predicted molar refractivity (Wildman–Crippen MR) is 102 cm³/mol. The van der Waals surface area contributed by atoms with Crippen LogP contribution in [0, 0.1) is 3.57 Å². The van der Waals surface area contributed by atoms with Crippen LogP contribution < -0.4 is 10.1 Å². The van der Waals surface area contributed by atoms with E-state index in [0.717, 1.165) is 9.26 Å². The number of aromatic nitrogens is 1. The Morgan fingerprint density at radius 3 is 2.62 bits per heavy atom. The summed E-state index contributed by atoms with van der Waals surface area (Å²) in [5.74, 6) is 0.536. The molecular weight excluding hydrogens is 415 g/mol. The number of anilines is 1. The Hall–Kier alpha value is -2.41. The summed E-state index contributed by atoms with van der Waals surface area (Å²) in [5.41, 5.74) is 2.16. The molecule has 0 saturated heterocycles. The number of nitrogens with one attached hydrogen (secondary N) is 1. The Balaban J connectivity index is 1.64. The van der Waals surface area contributed by atoms with Crippen molar-refractivity contribution in [3.05, 3.63) is 87.8 Å². The number of benzene rings is 2. The van der Waals surface area contributed by atoms with Gasteiger partial charge in [0, 0.05) is 27.1 Å². The fourth-order valence-corrected chi connectivity index (χ4v) is 2.47. The second-order valence-electron chi connectivity index (χ2n) is 5.10. The van der Waals surface area contributed by atoms with E-state index in [-0.39, 0.29) is 5.91 Å². The Labute approximate surface area is 154 Å². The van der Waals surface area contributed by atoms with Crippen LogP contribution in [0.1, 0.15) is 16.1 Å². The van der Waals surface area contributed by atoms with Gasteiger partial charge in [-0.15, -0.1) is 0 Å². The first-order valence-electron chi connectivity index (χ1n) is 7.40. The second-order valence-corrected chi connectivity index (χ2v) is 6.34. The van der Waals surface area contributed by atoms with Crippen LogP contribution in [-0.2, 0) is 6.61 Å². The zero-order valence-electron chi connectivity index (χ0n) is 12.8. The summed E-state index contributed by atoms with van der Waals surface area (Å²) in [5, 5.41) is 2.88. The van der Waals surface area contributed by atoms with Gasteiger partial charge in [-0.05, 0) is 71.1 Å². The Morgan fingerprint density at radius 2 is 1.88 bits per heavy atom. The van der Waals surface area contributed by atoms with Crippen molar-refractivity contribution < 1.29 is 9.53 Å². The fraction of sp³-hybridized carbons (Fsp3) is 0.0526. The Morgan fingerprint density at radius 1 is 1.04 bits per heavy atom. The van der Waals surface area contributed by atoms with E-state index in [1.165, 1.54) is 0 Å². The molecule has 24 heavy (non-hydrogen) atoms. The number of pyridine rings is 1. The molecule has 3 rings (SSSR count). The van der Waals surface area contributed by atoms with Crippen LogP contribution >= 0.6 is 22.6 Å². The molecule has 0 aliphatic heterocycles. The summed E-state index contributed by atoms with van der Waals surface area (Å²) >= 11 is 2.21. The Bertz CT molecular complexity index is 820. The van der Waals surface area contributed by atoms with Crippen molar-refractivity contribution >= 4 is 34.2 Å². The smallest absolute Gasteiger partial charge is 0.255 e. The van der Waals surface area contributed by atoms with E-state index in [4.69, 9.17) is 4.74 Å². The molecule has 0 fully saturated rings. The van der Waals surface area contributed by atoms with Crippen LogP contribution in [0.15, 0.2) is 72.9 Å². The SMILES string of the molecule is O=C(Nc1cccc(OCc2ccccn2)c1)c1ccc(I)cc1. The van der Waals surface area contributed by atoms with Crippen molar-refractivity contribution in [3.8, 4) is 5.75 Å². The molecule has 0 unspecified atom stereocenters. The van der Waals surface area contributed by atoms with Gasteiger partial charge < -0.3 is 10.1 Å². The highest BCUT2D eigenvalue weighted by molar-refractivity contribution is 14.1. The largest absolute Gasteiger partial charge is 0.487 e. The van der Waals surface area contributed by atoms with E-state index in [9.17, 15) is 4.79 Å². The van der Waals surface area contributed by atoms with Gasteiger partial charge in [-0.3, -0.25) is 9.78 Å². The average molecular weight is 430 g/mol. The van der Waals surface area contributed by atoms with Gasteiger partial charge in [0.25, 0.3) is 5.91 Å². The van der Waals surface area contributed by atoms with Crippen molar-refractivity contribution in [3.63, 3.8) is 0 Å². The number of carbonyl (C=O) groups is 1. The van der Waals surface area contributed by atoms with Gasteiger partial charge in [0.1, 0.15) is 12.4 Å². The molecule has 120 valence electrons. The third-order valence-electron chi connectivity index (χ3n) is 3.31. The molecule has 1 aromatic heterocycles. The number of ether oxygens (including phenoxy) is 1. The maximum Gasteiger partial charge on any atom is 0.255 e. The van der Waals surface area contributed by atoms with Crippen molar-refractivity contribution in [2.75, 3.05) is 5.32 Å². The molecular formula is C19H15IN2O2.